The zero-order valence-corrected chi connectivity index (χ0v) is 15.3. The fourth-order valence-electron chi connectivity index (χ4n) is 2.84. The normalized spacial score (nSPS) is 10.6. The number of hydrogen-bond donors (Lipinski definition) is 1. The molecule has 0 radical (unpaired) electrons. The van der Waals surface area contributed by atoms with E-state index in [1.165, 1.54) is 7.05 Å². The van der Waals surface area contributed by atoms with Gasteiger partial charge in [0.15, 0.2) is 12.3 Å². The molecule has 1 aromatic heterocycles. The molecule has 0 aliphatic carbocycles. The number of nitrogens with zero attached hydrogens (tertiary/aromatic N) is 2. The van der Waals surface area contributed by atoms with E-state index in [0.29, 0.717) is 16.5 Å². The van der Waals surface area contributed by atoms with Gasteiger partial charge in [0.25, 0.3) is 11.5 Å². The molecule has 7 nitrogen and oxygen atoms in total. The largest absolute Gasteiger partial charge is 0.451 e. The SMILES string of the molecule is Cc1cccc(C)c1NC(=O)COC(=O)c1nn(C)c(=O)c2ccccc12. The number of aryl methyl sites for hydroxylation is 3. The summed E-state index contributed by atoms with van der Waals surface area (Å²) in [5.41, 5.74) is 2.22. The van der Waals surface area contributed by atoms with E-state index in [-0.39, 0.29) is 11.3 Å². The van der Waals surface area contributed by atoms with Crippen molar-refractivity contribution in [2.45, 2.75) is 13.8 Å². The Morgan fingerprint density at radius 1 is 1.04 bits per heavy atom. The number of carbonyl (C=O) groups excluding carboxylic acids is 2. The van der Waals surface area contributed by atoms with Gasteiger partial charge in [-0.05, 0) is 31.0 Å². The molecule has 0 spiro atoms. The van der Waals surface area contributed by atoms with Gasteiger partial charge in [-0.3, -0.25) is 9.59 Å². The van der Waals surface area contributed by atoms with E-state index in [1.807, 2.05) is 32.0 Å². The highest BCUT2D eigenvalue weighted by molar-refractivity contribution is 6.03. The van der Waals surface area contributed by atoms with Crippen LogP contribution in [0.1, 0.15) is 21.6 Å². The summed E-state index contributed by atoms with van der Waals surface area (Å²) in [5, 5.41) is 7.49. The predicted octanol–water partition coefficient (Wildman–Crippen LogP) is 2.35. The van der Waals surface area contributed by atoms with E-state index < -0.39 is 18.5 Å². The lowest BCUT2D eigenvalue weighted by Gasteiger charge is -2.12. The summed E-state index contributed by atoms with van der Waals surface area (Å²) in [5.74, 6) is -1.21. The minimum atomic E-state index is -0.765. The Balaban J connectivity index is 1.77. The summed E-state index contributed by atoms with van der Waals surface area (Å²) in [6.45, 7) is 3.32. The zero-order valence-electron chi connectivity index (χ0n) is 15.3. The maximum atomic E-state index is 12.4. The number of anilines is 1. The Morgan fingerprint density at radius 3 is 2.33 bits per heavy atom. The quantitative estimate of drug-likeness (QED) is 0.717. The maximum absolute atomic E-state index is 12.4. The third-order valence-electron chi connectivity index (χ3n) is 4.23. The highest BCUT2D eigenvalue weighted by atomic mass is 16.5. The minimum Gasteiger partial charge on any atom is -0.451 e. The molecule has 0 fully saturated rings. The molecule has 0 bridgehead atoms. The first-order chi connectivity index (χ1) is 12.9. The van der Waals surface area contributed by atoms with Gasteiger partial charge in [-0.2, -0.15) is 5.10 Å². The van der Waals surface area contributed by atoms with Crippen LogP contribution >= 0.6 is 0 Å². The first-order valence-corrected chi connectivity index (χ1v) is 8.37. The topological polar surface area (TPSA) is 90.3 Å². The first kappa shape index (κ1) is 18.3. The second-order valence-electron chi connectivity index (χ2n) is 6.21. The van der Waals surface area contributed by atoms with E-state index in [0.717, 1.165) is 15.8 Å². The minimum absolute atomic E-state index is 0.00688. The van der Waals surface area contributed by atoms with Crippen molar-refractivity contribution in [2.24, 2.45) is 7.05 Å². The summed E-state index contributed by atoms with van der Waals surface area (Å²) in [6.07, 6.45) is 0. The van der Waals surface area contributed by atoms with Crippen molar-refractivity contribution in [1.82, 2.24) is 9.78 Å². The van der Waals surface area contributed by atoms with Crippen molar-refractivity contribution < 1.29 is 14.3 Å². The van der Waals surface area contributed by atoms with E-state index in [4.69, 9.17) is 4.74 Å². The van der Waals surface area contributed by atoms with E-state index >= 15 is 0 Å². The van der Waals surface area contributed by atoms with Crippen LogP contribution in [0.25, 0.3) is 10.8 Å². The fraction of sp³-hybridized carbons (Fsp3) is 0.200. The zero-order chi connectivity index (χ0) is 19.6. The molecule has 3 aromatic rings. The molecule has 0 saturated heterocycles. The average Bonchev–Trinajstić information content (AvgIpc) is 2.66. The second-order valence-corrected chi connectivity index (χ2v) is 6.21. The van der Waals surface area contributed by atoms with Crippen molar-refractivity contribution in [3.05, 3.63) is 69.6 Å². The molecule has 0 aliphatic heterocycles. The van der Waals surface area contributed by atoms with Crippen molar-refractivity contribution in [3.63, 3.8) is 0 Å². The van der Waals surface area contributed by atoms with Gasteiger partial charge in [0.2, 0.25) is 0 Å². The van der Waals surface area contributed by atoms with Crippen LogP contribution in [-0.4, -0.2) is 28.3 Å². The first-order valence-electron chi connectivity index (χ1n) is 8.37. The van der Waals surface area contributed by atoms with Gasteiger partial charge < -0.3 is 10.1 Å². The number of benzene rings is 2. The third kappa shape index (κ3) is 3.72. The van der Waals surface area contributed by atoms with Gasteiger partial charge in [-0.25, -0.2) is 9.48 Å². The molecule has 2 aromatic carbocycles. The Labute approximate surface area is 155 Å². The molecule has 3 rings (SSSR count). The molecule has 1 heterocycles. The molecular weight excluding hydrogens is 346 g/mol. The number of hydrogen-bond acceptors (Lipinski definition) is 5. The molecule has 1 amide bonds. The van der Waals surface area contributed by atoms with Crippen LogP contribution in [-0.2, 0) is 16.6 Å². The van der Waals surface area contributed by atoms with Crippen LogP contribution in [0, 0.1) is 13.8 Å². The van der Waals surface area contributed by atoms with Crippen LogP contribution in [0.4, 0.5) is 5.69 Å². The Kier molecular flexibility index (Phi) is 5.03. The molecule has 0 saturated carbocycles. The lowest BCUT2D eigenvalue weighted by atomic mass is 10.1. The number of rotatable bonds is 4. The molecule has 27 heavy (non-hydrogen) atoms. The number of esters is 1. The maximum Gasteiger partial charge on any atom is 0.359 e. The summed E-state index contributed by atoms with van der Waals surface area (Å²) < 4.78 is 6.20. The standard InChI is InChI=1S/C20H19N3O4/c1-12-7-6-8-13(2)17(12)21-16(24)11-27-20(26)18-14-9-4-5-10-15(14)19(25)23(3)22-18/h4-10H,11H2,1-3H3,(H,21,24). The smallest absolute Gasteiger partial charge is 0.359 e. The highest BCUT2D eigenvalue weighted by Crippen LogP contribution is 2.19. The van der Waals surface area contributed by atoms with Crippen LogP contribution in [0.2, 0.25) is 0 Å². The number of amides is 1. The number of para-hydroxylation sites is 1. The van der Waals surface area contributed by atoms with Crippen LogP contribution in [0.15, 0.2) is 47.3 Å². The Hall–Kier alpha value is -3.48. The Bertz CT molecular complexity index is 1080. The van der Waals surface area contributed by atoms with Crippen LogP contribution in [0.3, 0.4) is 0 Å². The van der Waals surface area contributed by atoms with Crippen molar-refractivity contribution in [3.8, 4) is 0 Å². The van der Waals surface area contributed by atoms with Gasteiger partial charge in [0.05, 0.1) is 5.39 Å². The average molecular weight is 365 g/mol. The fourth-order valence-corrected chi connectivity index (χ4v) is 2.84. The number of aromatic nitrogens is 2. The predicted molar refractivity (Wildman–Crippen MR) is 102 cm³/mol. The van der Waals surface area contributed by atoms with Crippen LogP contribution in [0.5, 0.6) is 0 Å². The molecule has 0 unspecified atom stereocenters. The van der Waals surface area contributed by atoms with E-state index in [9.17, 15) is 14.4 Å². The molecular formula is C20H19N3O4. The third-order valence-corrected chi connectivity index (χ3v) is 4.23. The van der Waals surface area contributed by atoms with Gasteiger partial charge in [-0.15, -0.1) is 0 Å². The van der Waals surface area contributed by atoms with Crippen LogP contribution < -0.4 is 10.9 Å². The summed E-state index contributed by atoms with van der Waals surface area (Å²) in [7, 11) is 1.46. The number of fused-ring (bicyclic) bond motifs is 1. The molecule has 138 valence electrons. The van der Waals surface area contributed by atoms with E-state index in [1.54, 1.807) is 24.3 Å². The van der Waals surface area contributed by atoms with E-state index in [2.05, 4.69) is 10.4 Å². The molecule has 0 atom stereocenters. The summed E-state index contributed by atoms with van der Waals surface area (Å²) in [4.78, 5) is 36.7. The molecule has 7 heteroatoms. The number of ether oxygens (including phenoxy) is 1. The summed E-state index contributed by atoms with van der Waals surface area (Å²) in [6, 6.07) is 12.3. The lowest BCUT2D eigenvalue weighted by molar-refractivity contribution is -0.119. The van der Waals surface area contributed by atoms with Crippen molar-refractivity contribution >= 4 is 28.3 Å². The Morgan fingerprint density at radius 2 is 1.67 bits per heavy atom. The highest BCUT2D eigenvalue weighted by Gasteiger charge is 2.18. The van der Waals surface area contributed by atoms with Crippen molar-refractivity contribution in [2.75, 3.05) is 11.9 Å². The van der Waals surface area contributed by atoms with Gasteiger partial charge in [0.1, 0.15) is 0 Å². The molecule has 0 aliphatic rings. The summed E-state index contributed by atoms with van der Waals surface area (Å²) >= 11 is 0. The van der Waals surface area contributed by atoms with Crippen molar-refractivity contribution in [1.29, 1.82) is 0 Å². The van der Waals surface area contributed by atoms with Gasteiger partial charge in [-0.1, -0.05) is 36.4 Å². The number of nitrogens with one attached hydrogen (secondary N) is 1. The lowest BCUT2D eigenvalue weighted by Crippen LogP contribution is -2.26. The monoisotopic (exact) mass is 365 g/mol. The van der Waals surface area contributed by atoms with Gasteiger partial charge in [0, 0.05) is 18.1 Å². The molecule has 1 N–H and O–H groups in total. The number of carbonyl (C=O) groups is 2. The van der Waals surface area contributed by atoms with Gasteiger partial charge >= 0.3 is 5.97 Å². The second kappa shape index (κ2) is 7.41.